The van der Waals surface area contributed by atoms with Gasteiger partial charge in [0.25, 0.3) is 11.8 Å². The van der Waals surface area contributed by atoms with Gasteiger partial charge in [-0.3, -0.25) is 14.5 Å². The van der Waals surface area contributed by atoms with E-state index in [1.165, 1.54) is 15.8 Å². The fraction of sp³-hybridized carbons (Fsp3) is 0.368. The predicted octanol–water partition coefficient (Wildman–Crippen LogP) is 3.68. The average molecular weight is 469 g/mol. The van der Waals surface area contributed by atoms with Crippen molar-refractivity contribution in [3.63, 3.8) is 0 Å². The number of aromatic nitrogens is 4. The molecule has 170 valence electrons. The van der Waals surface area contributed by atoms with Gasteiger partial charge in [0, 0.05) is 20.0 Å². The predicted molar refractivity (Wildman–Crippen MR) is 112 cm³/mol. The van der Waals surface area contributed by atoms with Crippen molar-refractivity contribution in [2.24, 2.45) is 7.05 Å². The van der Waals surface area contributed by atoms with Crippen molar-refractivity contribution in [1.82, 2.24) is 19.7 Å². The maximum absolute atomic E-state index is 14.1. The molecule has 0 radical (unpaired) electrons. The van der Waals surface area contributed by atoms with Crippen LogP contribution in [0.2, 0.25) is 0 Å². The largest absolute Gasteiger partial charge is 0.389 e. The summed E-state index contributed by atoms with van der Waals surface area (Å²) in [6, 6.07) is 0. The van der Waals surface area contributed by atoms with Gasteiger partial charge in [-0.25, -0.2) is 22.5 Å². The van der Waals surface area contributed by atoms with Crippen molar-refractivity contribution in [2.75, 3.05) is 29.0 Å². The first kappa shape index (κ1) is 22.0. The lowest BCUT2D eigenvalue weighted by Crippen LogP contribution is -2.36. The van der Waals surface area contributed by atoms with Gasteiger partial charge in [-0.05, 0) is 12.8 Å². The number of nitrogens with two attached hydrogens (primary N) is 1. The number of hydrogen-bond donors (Lipinski definition) is 2. The molecule has 8 nitrogen and oxygen atoms in total. The van der Waals surface area contributed by atoms with Crippen molar-refractivity contribution in [1.29, 1.82) is 0 Å². The molecule has 3 N–H and O–H groups in total. The number of nitrogens with one attached hydrogen (secondary N) is 1. The molecule has 0 unspecified atom stereocenters. The Morgan fingerprint density at radius 1 is 1.22 bits per heavy atom. The number of thiazole rings is 1. The Labute approximate surface area is 184 Å². The van der Waals surface area contributed by atoms with Crippen LogP contribution in [0.25, 0.3) is 10.6 Å². The highest BCUT2D eigenvalue weighted by molar-refractivity contribution is 7.19. The molecule has 0 saturated carbocycles. The van der Waals surface area contributed by atoms with Crippen LogP contribution in [0.4, 0.5) is 34.1 Å². The molecule has 4 rings (SSSR count). The minimum absolute atomic E-state index is 0.0557. The highest BCUT2D eigenvalue weighted by atomic mass is 32.1. The van der Waals surface area contributed by atoms with Gasteiger partial charge in [0.15, 0.2) is 23.1 Å². The SMILES string of the molecule is Cn1ncc(NC(=O)c2nc(-c3c(F)cncc3F)sc2N)c1N1CCCCC(F)(F)C1. The Balaban J connectivity index is 1.62. The molecule has 1 aliphatic rings. The molecule has 0 atom stereocenters. The first-order chi connectivity index (χ1) is 15.2. The molecule has 1 fully saturated rings. The lowest BCUT2D eigenvalue weighted by Gasteiger charge is -2.27. The van der Waals surface area contributed by atoms with Crippen LogP contribution in [-0.2, 0) is 7.05 Å². The highest BCUT2D eigenvalue weighted by Gasteiger charge is 2.35. The second-order valence-corrected chi connectivity index (χ2v) is 8.43. The van der Waals surface area contributed by atoms with E-state index < -0.39 is 35.6 Å². The highest BCUT2D eigenvalue weighted by Crippen LogP contribution is 2.35. The van der Waals surface area contributed by atoms with Crippen LogP contribution in [0.1, 0.15) is 29.8 Å². The van der Waals surface area contributed by atoms with Gasteiger partial charge < -0.3 is 16.0 Å². The number of rotatable bonds is 4. The number of anilines is 3. The third kappa shape index (κ3) is 4.24. The van der Waals surface area contributed by atoms with E-state index in [0.29, 0.717) is 25.2 Å². The number of halogens is 4. The number of carbonyl (C=O) groups is 1. The Morgan fingerprint density at radius 2 is 1.94 bits per heavy atom. The van der Waals surface area contributed by atoms with E-state index >= 15 is 0 Å². The van der Waals surface area contributed by atoms with Gasteiger partial charge in [-0.2, -0.15) is 5.10 Å². The number of aryl methyl sites for hydroxylation is 1. The van der Waals surface area contributed by atoms with Crippen molar-refractivity contribution in [2.45, 2.75) is 25.2 Å². The van der Waals surface area contributed by atoms with Gasteiger partial charge >= 0.3 is 0 Å². The summed E-state index contributed by atoms with van der Waals surface area (Å²) < 4.78 is 57.7. The summed E-state index contributed by atoms with van der Waals surface area (Å²) in [6.45, 7) is -0.124. The molecule has 0 spiro atoms. The van der Waals surface area contributed by atoms with Crippen LogP contribution >= 0.6 is 11.3 Å². The summed E-state index contributed by atoms with van der Waals surface area (Å²) in [5.74, 6) is -5.19. The molecule has 0 aromatic carbocycles. The summed E-state index contributed by atoms with van der Waals surface area (Å²) in [6.07, 6.45) is 3.75. The molecule has 0 aliphatic carbocycles. The molecule has 32 heavy (non-hydrogen) atoms. The number of nitrogen functional groups attached to an aromatic ring is 1. The molecule has 13 heteroatoms. The van der Waals surface area contributed by atoms with Crippen LogP contribution in [0, 0.1) is 11.6 Å². The van der Waals surface area contributed by atoms with E-state index in [1.54, 1.807) is 7.05 Å². The quantitative estimate of drug-likeness (QED) is 0.566. The maximum Gasteiger partial charge on any atom is 0.277 e. The van der Waals surface area contributed by atoms with Crippen LogP contribution in [0.15, 0.2) is 18.6 Å². The van der Waals surface area contributed by atoms with E-state index in [4.69, 9.17) is 5.73 Å². The summed E-state index contributed by atoms with van der Waals surface area (Å²) in [4.78, 5) is 21.7. The smallest absolute Gasteiger partial charge is 0.277 e. The summed E-state index contributed by atoms with van der Waals surface area (Å²) in [7, 11) is 1.58. The van der Waals surface area contributed by atoms with Gasteiger partial charge in [0.1, 0.15) is 15.7 Å². The molecule has 0 bridgehead atoms. The van der Waals surface area contributed by atoms with Gasteiger partial charge in [-0.15, -0.1) is 0 Å². The molecule has 1 aliphatic heterocycles. The molecular weight excluding hydrogens is 450 g/mol. The fourth-order valence-corrected chi connectivity index (χ4v) is 4.47. The lowest BCUT2D eigenvalue weighted by atomic mass is 10.2. The van der Waals surface area contributed by atoms with Crippen molar-refractivity contribution >= 4 is 33.8 Å². The van der Waals surface area contributed by atoms with E-state index in [9.17, 15) is 22.4 Å². The topological polar surface area (TPSA) is 102 Å². The molecule has 1 saturated heterocycles. The van der Waals surface area contributed by atoms with E-state index in [2.05, 4.69) is 20.4 Å². The molecular formula is C19H19F4N7OS. The molecule has 3 aromatic rings. The van der Waals surface area contributed by atoms with Crippen LogP contribution in [0.5, 0.6) is 0 Å². The monoisotopic (exact) mass is 469 g/mol. The third-order valence-electron chi connectivity index (χ3n) is 5.03. The normalized spacial score (nSPS) is 16.1. The van der Waals surface area contributed by atoms with Crippen molar-refractivity contribution in [3.8, 4) is 10.6 Å². The van der Waals surface area contributed by atoms with Crippen LogP contribution in [0.3, 0.4) is 0 Å². The summed E-state index contributed by atoms with van der Waals surface area (Å²) in [5, 5.41) is 6.48. The zero-order valence-electron chi connectivity index (χ0n) is 16.9. The first-order valence-corrected chi connectivity index (χ1v) is 10.5. The lowest BCUT2D eigenvalue weighted by molar-refractivity contribution is 0.00330. The Kier molecular flexibility index (Phi) is 5.75. The minimum atomic E-state index is -2.87. The number of carbonyl (C=O) groups excluding carboxylic acids is 1. The standard InChI is InChI=1S/C19H19F4N7OS/c1-29-18(30-5-3-2-4-19(22,23)9-30)12(8-26-29)27-16(31)14-15(24)32-17(28-14)13-10(20)6-25-7-11(13)21/h6-8H,2-5,9,24H2,1H3,(H,27,31). The van der Waals surface area contributed by atoms with Crippen molar-refractivity contribution < 1.29 is 22.4 Å². The molecule has 4 heterocycles. The van der Waals surface area contributed by atoms with E-state index in [1.807, 2.05) is 0 Å². The van der Waals surface area contributed by atoms with E-state index in [0.717, 1.165) is 23.7 Å². The Hall–Kier alpha value is -3.22. The fourth-order valence-electron chi connectivity index (χ4n) is 3.60. The number of nitrogens with zero attached hydrogens (tertiary/aromatic N) is 5. The second-order valence-electron chi connectivity index (χ2n) is 7.40. The minimum Gasteiger partial charge on any atom is -0.389 e. The Morgan fingerprint density at radius 3 is 2.66 bits per heavy atom. The maximum atomic E-state index is 14.1. The number of hydrogen-bond acceptors (Lipinski definition) is 7. The number of amides is 1. The number of alkyl halides is 2. The Bertz CT molecular complexity index is 1140. The van der Waals surface area contributed by atoms with E-state index in [-0.39, 0.29) is 27.8 Å². The third-order valence-corrected chi connectivity index (χ3v) is 5.94. The van der Waals surface area contributed by atoms with Gasteiger partial charge in [0.2, 0.25) is 0 Å². The zero-order chi connectivity index (χ0) is 23.0. The summed E-state index contributed by atoms with van der Waals surface area (Å²) >= 11 is 0.742. The second kappa shape index (κ2) is 8.37. The molecule has 1 amide bonds. The molecule has 3 aromatic heterocycles. The summed E-state index contributed by atoms with van der Waals surface area (Å²) in [5.41, 5.74) is 5.40. The van der Waals surface area contributed by atoms with Crippen LogP contribution in [-0.4, -0.2) is 44.7 Å². The zero-order valence-corrected chi connectivity index (χ0v) is 17.7. The number of pyridine rings is 1. The average Bonchev–Trinajstić information content (AvgIpc) is 3.20. The van der Waals surface area contributed by atoms with Gasteiger partial charge in [0.05, 0.1) is 30.7 Å². The van der Waals surface area contributed by atoms with Crippen LogP contribution < -0.4 is 16.0 Å². The van der Waals surface area contributed by atoms with Gasteiger partial charge in [-0.1, -0.05) is 11.3 Å². The first-order valence-electron chi connectivity index (χ1n) is 9.68. The van der Waals surface area contributed by atoms with Crippen molar-refractivity contribution in [3.05, 3.63) is 35.9 Å².